The average molecular weight is 468 g/mol. The van der Waals surface area contributed by atoms with Crippen LogP contribution in [0.2, 0.25) is 0 Å². The van der Waals surface area contributed by atoms with E-state index in [1.54, 1.807) is 12.0 Å². The van der Waals surface area contributed by atoms with Crippen LogP contribution in [0.1, 0.15) is 34.1 Å². The smallest absolute Gasteiger partial charge is 0.271 e. The van der Waals surface area contributed by atoms with E-state index < -0.39 is 5.54 Å². The van der Waals surface area contributed by atoms with Gasteiger partial charge in [-0.3, -0.25) is 9.59 Å². The molecule has 1 aromatic heterocycles. The Morgan fingerprint density at radius 1 is 1.00 bits per heavy atom. The Bertz CT molecular complexity index is 1420. The molecule has 178 valence electrons. The molecule has 2 heterocycles. The molecule has 0 radical (unpaired) electrons. The van der Waals surface area contributed by atoms with Crippen molar-refractivity contribution in [2.75, 3.05) is 7.11 Å². The van der Waals surface area contributed by atoms with Gasteiger partial charge in [-0.15, -0.1) is 0 Å². The molecule has 0 bridgehead atoms. The van der Waals surface area contributed by atoms with Crippen molar-refractivity contribution in [1.29, 1.82) is 0 Å². The number of benzene rings is 3. The fourth-order valence-corrected chi connectivity index (χ4v) is 4.93. The summed E-state index contributed by atoms with van der Waals surface area (Å²) in [5, 5.41) is 4.07. The minimum atomic E-state index is -1.09. The summed E-state index contributed by atoms with van der Waals surface area (Å²) in [6.45, 7) is 4.92. The van der Waals surface area contributed by atoms with Gasteiger partial charge in [-0.1, -0.05) is 60.7 Å². The molecule has 0 saturated carbocycles. The SMILES string of the molecule is COc1ccccc1CNC(=O)[C@@]1(C)Cn2c(cc3ccccc32)C(=O)N1Cc1ccccc1C. The van der Waals surface area contributed by atoms with E-state index >= 15 is 0 Å². The largest absolute Gasteiger partial charge is 0.496 e. The summed E-state index contributed by atoms with van der Waals surface area (Å²) < 4.78 is 7.42. The third kappa shape index (κ3) is 3.95. The molecule has 1 aliphatic heterocycles. The normalized spacial score (nSPS) is 17.3. The van der Waals surface area contributed by atoms with Crippen LogP contribution in [0.4, 0.5) is 0 Å². The predicted octanol–water partition coefficient (Wildman–Crippen LogP) is 4.69. The van der Waals surface area contributed by atoms with Crippen LogP contribution >= 0.6 is 0 Å². The zero-order valence-electron chi connectivity index (χ0n) is 20.2. The third-order valence-electron chi connectivity index (χ3n) is 7.05. The Morgan fingerprint density at radius 3 is 2.46 bits per heavy atom. The van der Waals surface area contributed by atoms with E-state index in [2.05, 4.69) is 5.32 Å². The Hall–Kier alpha value is -4.06. The van der Waals surface area contributed by atoms with E-state index in [1.807, 2.05) is 97.3 Å². The minimum absolute atomic E-state index is 0.148. The maximum atomic E-state index is 13.9. The Labute approximate surface area is 205 Å². The molecule has 6 heteroatoms. The number of aromatic nitrogens is 1. The summed E-state index contributed by atoms with van der Waals surface area (Å²) in [5.74, 6) is 0.368. The number of amides is 2. The second-order valence-electron chi connectivity index (χ2n) is 9.26. The highest BCUT2D eigenvalue weighted by Gasteiger charge is 2.47. The molecular weight excluding hydrogens is 438 g/mol. The van der Waals surface area contributed by atoms with Crippen LogP contribution in [0.5, 0.6) is 5.75 Å². The summed E-state index contributed by atoms with van der Waals surface area (Å²) >= 11 is 0. The van der Waals surface area contributed by atoms with Gasteiger partial charge in [-0.05, 0) is 43.2 Å². The quantitative estimate of drug-likeness (QED) is 0.448. The Kier molecular flexibility index (Phi) is 5.81. The molecule has 1 atom stereocenters. The third-order valence-corrected chi connectivity index (χ3v) is 7.05. The van der Waals surface area contributed by atoms with E-state index in [1.165, 1.54) is 0 Å². The van der Waals surface area contributed by atoms with Gasteiger partial charge in [-0.25, -0.2) is 0 Å². The molecular formula is C29H29N3O3. The van der Waals surface area contributed by atoms with Gasteiger partial charge >= 0.3 is 0 Å². The molecule has 0 unspecified atom stereocenters. The zero-order valence-corrected chi connectivity index (χ0v) is 20.2. The lowest BCUT2D eigenvalue weighted by molar-refractivity contribution is -0.133. The van der Waals surface area contributed by atoms with E-state index in [4.69, 9.17) is 4.74 Å². The van der Waals surface area contributed by atoms with E-state index in [9.17, 15) is 9.59 Å². The van der Waals surface area contributed by atoms with E-state index in [-0.39, 0.29) is 11.8 Å². The van der Waals surface area contributed by atoms with Crippen molar-refractivity contribution in [2.24, 2.45) is 0 Å². The predicted molar refractivity (Wildman–Crippen MR) is 136 cm³/mol. The van der Waals surface area contributed by atoms with Crippen LogP contribution < -0.4 is 10.1 Å². The molecule has 0 fully saturated rings. The van der Waals surface area contributed by atoms with Gasteiger partial charge in [0.1, 0.15) is 17.0 Å². The van der Waals surface area contributed by atoms with Crippen LogP contribution in [-0.2, 0) is 24.4 Å². The first-order chi connectivity index (χ1) is 16.9. The molecule has 6 nitrogen and oxygen atoms in total. The number of para-hydroxylation sites is 2. The van der Waals surface area contributed by atoms with Gasteiger partial charge in [0, 0.05) is 29.6 Å². The molecule has 1 aliphatic rings. The summed E-state index contributed by atoms with van der Waals surface area (Å²) in [7, 11) is 1.62. The van der Waals surface area contributed by atoms with E-state index in [0.717, 1.165) is 27.6 Å². The average Bonchev–Trinajstić information content (AvgIpc) is 3.24. The minimum Gasteiger partial charge on any atom is -0.496 e. The van der Waals surface area contributed by atoms with Crippen LogP contribution in [0, 0.1) is 6.92 Å². The molecule has 0 spiro atoms. The number of nitrogens with one attached hydrogen (secondary N) is 1. The molecule has 35 heavy (non-hydrogen) atoms. The Balaban J connectivity index is 1.54. The molecule has 3 aromatic carbocycles. The second kappa shape index (κ2) is 8.95. The number of aryl methyl sites for hydroxylation is 1. The van der Waals surface area contributed by atoms with Crippen molar-refractivity contribution in [3.8, 4) is 5.75 Å². The summed E-state index contributed by atoms with van der Waals surface area (Å²) in [6.07, 6.45) is 0. The standard InChI is InChI=1S/C29H29N3O3/c1-20-10-4-5-13-23(20)18-32-27(33)25-16-21-11-6-8-14-24(21)31(25)19-29(32,2)28(34)30-17-22-12-7-9-15-26(22)35-3/h4-16H,17-19H2,1-3H3,(H,30,34)/t29-/m1/s1. The maximum Gasteiger partial charge on any atom is 0.271 e. The van der Waals surface area contributed by atoms with Gasteiger partial charge in [0.25, 0.3) is 5.91 Å². The fourth-order valence-electron chi connectivity index (χ4n) is 4.93. The number of carbonyl (C=O) groups is 2. The van der Waals surface area contributed by atoms with Gasteiger partial charge in [0.05, 0.1) is 13.7 Å². The molecule has 0 saturated heterocycles. The summed E-state index contributed by atoms with van der Waals surface area (Å²) in [5.41, 5.74) is 3.46. The van der Waals surface area contributed by atoms with Crippen molar-refractivity contribution >= 4 is 22.7 Å². The second-order valence-corrected chi connectivity index (χ2v) is 9.26. The molecule has 5 rings (SSSR count). The lowest BCUT2D eigenvalue weighted by Crippen LogP contribution is -2.63. The number of nitrogens with zero attached hydrogens (tertiary/aromatic N) is 2. The first-order valence-corrected chi connectivity index (χ1v) is 11.8. The molecule has 2 amide bonds. The highest BCUT2D eigenvalue weighted by Crippen LogP contribution is 2.34. The summed E-state index contributed by atoms with van der Waals surface area (Å²) in [6, 6.07) is 25.4. The van der Waals surface area contributed by atoms with Gasteiger partial charge in [-0.2, -0.15) is 0 Å². The van der Waals surface area contributed by atoms with Crippen molar-refractivity contribution < 1.29 is 14.3 Å². The molecule has 0 aliphatic carbocycles. The van der Waals surface area contributed by atoms with Gasteiger partial charge < -0.3 is 19.5 Å². The maximum absolute atomic E-state index is 13.9. The molecule has 4 aromatic rings. The number of hydrogen-bond donors (Lipinski definition) is 1. The number of rotatable bonds is 6. The highest BCUT2D eigenvalue weighted by atomic mass is 16.5. The van der Waals surface area contributed by atoms with Crippen molar-refractivity contribution in [2.45, 2.75) is 39.0 Å². The van der Waals surface area contributed by atoms with Gasteiger partial charge in [0.15, 0.2) is 0 Å². The first-order valence-electron chi connectivity index (χ1n) is 11.8. The highest BCUT2D eigenvalue weighted by molar-refractivity contribution is 6.03. The Morgan fingerprint density at radius 2 is 1.69 bits per heavy atom. The number of methoxy groups -OCH3 is 1. The number of hydrogen-bond acceptors (Lipinski definition) is 3. The lowest BCUT2D eigenvalue weighted by Gasteiger charge is -2.44. The van der Waals surface area contributed by atoms with Crippen LogP contribution in [0.15, 0.2) is 78.9 Å². The van der Waals surface area contributed by atoms with Gasteiger partial charge in [0.2, 0.25) is 5.91 Å². The monoisotopic (exact) mass is 467 g/mol. The van der Waals surface area contributed by atoms with Crippen LogP contribution in [0.25, 0.3) is 10.9 Å². The number of fused-ring (bicyclic) bond motifs is 3. The molecule has 1 N–H and O–H groups in total. The lowest BCUT2D eigenvalue weighted by atomic mass is 9.93. The number of ether oxygens (including phenoxy) is 1. The topological polar surface area (TPSA) is 63.6 Å². The number of carbonyl (C=O) groups excluding carboxylic acids is 2. The van der Waals surface area contributed by atoms with Crippen molar-refractivity contribution in [3.63, 3.8) is 0 Å². The van der Waals surface area contributed by atoms with Crippen molar-refractivity contribution in [1.82, 2.24) is 14.8 Å². The zero-order chi connectivity index (χ0) is 24.6. The summed E-state index contributed by atoms with van der Waals surface area (Å²) in [4.78, 5) is 29.5. The fraction of sp³-hybridized carbons (Fsp3) is 0.241. The van der Waals surface area contributed by atoms with Crippen molar-refractivity contribution in [3.05, 3.63) is 101 Å². The van der Waals surface area contributed by atoms with Crippen LogP contribution in [-0.4, -0.2) is 33.9 Å². The first kappa shape index (κ1) is 22.7. The van der Waals surface area contributed by atoms with Crippen LogP contribution in [0.3, 0.4) is 0 Å². The van der Waals surface area contributed by atoms with E-state index in [0.29, 0.717) is 31.1 Å².